The van der Waals surface area contributed by atoms with Gasteiger partial charge in [-0.15, -0.1) is 0 Å². The third-order valence-electron chi connectivity index (χ3n) is 4.20. The second kappa shape index (κ2) is 10.2. The molecule has 0 saturated carbocycles. The third kappa shape index (κ3) is 6.85. The van der Waals surface area contributed by atoms with Crippen LogP contribution in [0.25, 0.3) is 0 Å². The molecule has 0 bridgehead atoms. The van der Waals surface area contributed by atoms with Crippen LogP contribution in [-0.2, 0) is 24.2 Å². The van der Waals surface area contributed by atoms with Crippen molar-refractivity contribution in [3.05, 3.63) is 64.2 Å². The number of carbonyl (C=O) groups is 3. The van der Waals surface area contributed by atoms with E-state index in [9.17, 15) is 22.8 Å². The molecule has 2 amide bonds. The number of benzene rings is 2. The van der Waals surface area contributed by atoms with Crippen molar-refractivity contribution >= 4 is 39.2 Å². The van der Waals surface area contributed by atoms with Crippen LogP contribution >= 0.6 is 11.6 Å². The van der Waals surface area contributed by atoms with Gasteiger partial charge in [0.1, 0.15) is 0 Å². The maximum absolute atomic E-state index is 12.3. The Bertz CT molecular complexity index is 1050. The van der Waals surface area contributed by atoms with Gasteiger partial charge in [0, 0.05) is 10.6 Å². The number of halogens is 1. The Morgan fingerprint density at radius 3 is 2.27 bits per heavy atom. The zero-order valence-corrected chi connectivity index (χ0v) is 18.0. The molecule has 0 fully saturated rings. The Kier molecular flexibility index (Phi) is 7.96. The molecule has 0 aromatic heterocycles. The second-order valence-corrected chi connectivity index (χ2v) is 9.03. The van der Waals surface area contributed by atoms with E-state index in [1.165, 1.54) is 30.3 Å². The lowest BCUT2D eigenvalue weighted by molar-refractivity contribution is -0.148. The quantitative estimate of drug-likeness (QED) is 0.490. The van der Waals surface area contributed by atoms with Crippen LogP contribution in [0.1, 0.15) is 27.9 Å². The molecule has 0 atom stereocenters. The van der Waals surface area contributed by atoms with Crippen molar-refractivity contribution < 1.29 is 27.5 Å². The van der Waals surface area contributed by atoms with Gasteiger partial charge in [-0.2, -0.15) is 0 Å². The zero-order valence-electron chi connectivity index (χ0n) is 16.4. The number of hydrazine groups is 1. The van der Waals surface area contributed by atoms with E-state index in [0.29, 0.717) is 5.02 Å². The van der Waals surface area contributed by atoms with E-state index in [1.54, 1.807) is 19.1 Å². The van der Waals surface area contributed by atoms with Gasteiger partial charge in [0.2, 0.25) is 0 Å². The average Bonchev–Trinajstić information content (AvgIpc) is 2.71. The van der Waals surface area contributed by atoms with Crippen molar-refractivity contribution in [2.45, 2.75) is 25.2 Å². The van der Waals surface area contributed by atoms with Gasteiger partial charge in [-0.1, -0.05) is 17.7 Å². The Hall–Kier alpha value is -2.91. The Labute approximate surface area is 179 Å². The summed E-state index contributed by atoms with van der Waals surface area (Å²) in [4.78, 5) is 35.4. The molecule has 0 aliphatic heterocycles. The first-order valence-electron chi connectivity index (χ1n) is 8.89. The fraction of sp³-hybridized carbons (Fsp3) is 0.250. The molecule has 10 heteroatoms. The van der Waals surface area contributed by atoms with Crippen molar-refractivity contribution in [2.24, 2.45) is 0 Å². The van der Waals surface area contributed by atoms with Crippen LogP contribution in [-0.4, -0.2) is 38.6 Å². The standard InChI is InChI=1S/C20H21ClN2O6S/c1-13-3-8-17(11-14(13)2)30(27,28)10-9-19(25)29-12-18(24)22-23-20(26)15-4-6-16(21)7-5-15/h3-8,11H,9-10,12H2,1-2H3,(H,22,24)(H,23,26). The molecule has 2 aromatic rings. The maximum atomic E-state index is 12.3. The van der Waals surface area contributed by atoms with Gasteiger partial charge >= 0.3 is 5.97 Å². The molecular formula is C20H21ClN2O6S. The minimum Gasteiger partial charge on any atom is -0.455 e. The first-order chi connectivity index (χ1) is 14.1. The van der Waals surface area contributed by atoms with E-state index in [2.05, 4.69) is 10.9 Å². The van der Waals surface area contributed by atoms with Crippen molar-refractivity contribution in [3.63, 3.8) is 0 Å². The van der Waals surface area contributed by atoms with Crippen LogP contribution in [0.4, 0.5) is 0 Å². The minimum absolute atomic E-state index is 0.126. The molecule has 0 spiro atoms. The Morgan fingerprint density at radius 2 is 1.63 bits per heavy atom. The Morgan fingerprint density at radius 1 is 0.967 bits per heavy atom. The van der Waals surface area contributed by atoms with Crippen LogP contribution in [0.15, 0.2) is 47.4 Å². The molecule has 160 valence electrons. The summed E-state index contributed by atoms with van der Waals surface area (Å²) in [6, 6.07) is 10.7. The van der Waals surface area contributed by atoms with Gasteiger partial charge in [0.05, 0.1) is 17.1 Å². The summed E-state index contributed by atoms with van der Waals surface area (Å²) < 4.78 is 29.4. The highest BCUT2D eigenvalue weighted by Crippen LogP contribution is 2.17. The summed E-state index contributed by atoms with van der Waals surface area (Å²) in [6.07, 6.45) is -0.403. The number of ether oxygens (including phenoxy) is 1. The number of amides is 2. The minimum atomic E-state index is -3.66. The normalized spacial score (nSPS) is 10.9. The predicted octanol–water partition coefficient (Wildman–Crippen LogP) is 2.13. The highest BCUT2D eigenvalue weighted by atomic mass is 35.5. The second-order valence-electron chi connectivity index (χ2n) is 6.48. The number of rotatable bonds is 7. The topological polar surface area (TPSA) is 119 Å². The van der Waals surface area contributed by atoms with Crippen molar-refractivity contribution in [1.82, 2.24) is 10.9 Å². The molecule has 0 aliphatic carbocycles. The number of nitrogens with one attached hydrogen (secondary N) is 2. The van der Waals surface area contributed by atoms with Gasteiger partial charge in [-0.25, -0.2) is 8.42 Å². The third-order valence-corrected chi connectivity index (χ3v) is 6.16. The first kappa shape index (κ1) is 23.4. The fourth-order valence-corrected chi connectivity index (χ4v) is 3.73. The van der Waals surface area contributed by atoms with Gasteiger partial charge < -0.3 is 4.74 Å². The zero-order chi connectivity index (χ0) is 22.3. The summed E-state index contributed by atoms with van der Waals surface area (Å²) in [7, 11) is -3.66. The molecule has 30 heavy (non-hydrogen) atoms. The van der Waals surface area contributed by atoms with Crippen molar-refractivity contribution in [1.29, 1.82) is 0 Å². The summed E-state index contributed by atoms with van der Waals surface area (Å²) in [5, 5.41) is 0.460. The number of esters is 1. The van der Waals surface area contributed by atoms with Crippen molar-refractivity contribution in [2.75, 3.05) is 12.4 Å². The maximum Gasteiger partial charge on any atom is 0.307 e. The van der Waals surface area contributed by atoms with E-state index in [-0.39, 0.29) is 10.5 Å². The lowest BCUT2D eigenvalue weighted by atomic mass is 10.1. The largest absolute Gasteiger partial charge is 0.455 e. The summed E-state index contributed by atoms with van der Waals surface area (Å²) in [5.41, 5.74) is 6.32. The molecule has 2 N–H and O–H groups in total. The number of sulfone groups is 1. The highest BCUT2D eigenvalue weighted by Gasteiger charge is 2.18. The van der Waals surface area contributed by atoms with Crippen LogP contribution in [0.2, 0.25) is 5.02 Å². The molecule has 0 saturated heterocycles. The monoisotopic (exact) mass is 452 g/mol. The van der Waals surface area contributed by atoms with Crippen LogP contribution in [0.3, 0.4) is 0 Å². The smallest absolute Gasteiger partial charge is 0.307 e. The summed E-state index contributed by atoms with van der Waals surface area (Å²) in [6.45, 7) is 3.00. The molecule has 8 nitrogen and oxygen atoms in total. The number of carbonyl (C=O) groups excluding carboxylic acids is 3. The summed E-state index contributed by atoms with van der Waals surface area (Å²) >= 11 is 5.73. The SMILES string of the molecule is Cc1ccc(S(=O)(=O)CCC(=O)OCC(=O)NNC(=O)c2ccc(Cl)cc2)cc1C. The lowest BCUT2D eigenvalue weighted by Crippen LogP contribution is -2.43. The van der Waals surface area contributed by atoms with Gasteiger partial charge in [0.15, 0.2) is 16.4 Å². The molecule has 2 rings (SSSR count). The molecular weight excluding hydrogens is 432 g/mol. The van der Waals surface area contributed by atoms with E-state index in [4.69, 9.17) is 16.3 Å². The Balaban J connectivity index is 1.75. The summed E-state index contributed by atoms with van der Waals surface area (Å²) in [5.74, 6) is -2.64. The van der Waals surface area contributed by atoms with Gasteiger partial charge in [-0.05, 0) is 61.4 Å². The molecule has 2 aromatic carbocycles. The molecule has 0 radical (unpaired) electrons. The highest BCUT2D eigenvalue weighted by molar-refractivity contribution is 7.91. The van der Waals surface area contributed by atoms with Crippen LogP contribution < -0.4 is 10.9 Å². The van der Waals surface area contributed by atoms with Crippen LogP contribution in [0, 0.1) is 13.8 Å². The molecule has 0 heterocycles. The van der Waals surface area contributed by atoms with Gasteiger partial charge in [0.25, 0.3) is 11.8 Å². The molecule has 0 aliphatic rings. The molecule has 0 unspecified atom stereocenters. The van der Waals surface area contributed by atoms with E-state index in [0.717, 1.165) is 11.1 Å². The number of hydrogen-bond acceptors (Lipinski definition) is 6. The fourth-order valence-electron chi connectivity index (χ4n) is 2.30. The van der Waals surface area contributed by atoms with E-state index < -0.39 is 46.4 Å². The lowest BCUT2D eigenvalue weighted by Gasteiger charge is -2.09. The first-order valence-corrected chi connectivity index (χ1v) is 10.9. The van der Waals surface area contributed by atoms with Gasteiger partial charge in [-0.3, -0.25) is 25.2 Å². The number of aryl methyl sites for hydroxylation is 2. The predicted molar refractivity (Wildman–Crippen MR) is 111 cm³/mol. The van der Waals surface area contributed by atoms with E-state index in [1.807, 2.05) is 6.92 Å². The number of hydrogen-bond donors (Lipinski definition) is 2. The van der Waals surface area contributed by atoms with Crippen LogP contribution in [0.5, 0.6) is 0 Å². The average molecular weight is 453 g/mol. The van der Waals surface area contributed by atoms with E-state index >= 15 is 0 Å². The van der Waals surface area contributed by atoms with Crippen molar-refractivity contribution in [3.8, 4) is 0 Å².